The van der Waals surface area contributed by atoms with Crippen molar-refractivity contribution < 1.29 is 18.0 Å². The predicted octanol–water partition coefficient (Wildman–Crippen LogP) is 1.92. The molecule has 0 aliphatic carbocycles. The van der Waals surface area contributed by atoms with Crippen LogP contribution in [-0.4, -0.2) is 44.7 Å². The van der Waals surface area contributed by atoms with Crippen LogP contribution in [-0.2, 0) is 14.8 Å². The standard InChI is InChI=1S/C17H19N3O4S2/c1-3-9-20(26(23,24)16-8-5-10-25-16)12-15(21)19-14-7-4-6-13(11-14)17(22)18-2/h3-8,10-11H,1,9,12H2,2H3,(H,18,22)(H,19,21). The van der Waals surface area contributed by atoms with Crippen LogP contribution in [0.4, 0.5) is 5.69 Å². The van der Waals surface area contributed by atoms with Gasteiger partial charge in [0.15, 0.2) is 0 Å². The van der Waals surface area contributed by atoms with Crippen molar-refractivity contribution in [2.75, 3.05) is 25.5 Å². The first-order valence-electron chi connectivity index (χ1n) is 7.65. The van der Waals surface area contributed by atoms with Crippen LogP contribution < -0.4 is 10.6 Å². The van der Waals surface area contributed by atoms with E-state index < -0.39 is 15.9 Å². The first kappa shape index (κ1) is 19.8. The third-order valence-electron chi connectivity index (χ3n) is 3.38. The van der Waals surface area contributed by atoms with Crippen molar-refractivity contribution in [1.29, 1.82) is 0 Å². The summed E-state index contributed by atoms with van der Waals surface area (Å²) in [6.07, 6.45) is 1.42. The number of thiophene rings is 1. The van der Waals surface area contributed by atoms with E-state index in [1.54, 1.807) is 29.6 Å². The third-order valence-corrected chi connectivity index (χ3v) is 6.56. The first-order chi connectivity index (χ1) is 12.4. The summed E-state index contributed by atoms with van der Waals surface area (Å²) in [5, 5.41) is 6.76. The van der Waals surface area contributed by atoms with Crippen LogP contribution in [0.15, 0.2) is 58.6 Å². The molecule has 7 nitrogen and oxygen atoms in total. The highest BCUT2D eigenvalue weighted by Crippen LogP contribution is 2.21. The second-order valence-corrected chi connectivity index (χ2v) is 8.34. The Labute approximate surface area is 156 Å². The van der Waals surface area contributed by atoms with E-state index in [1.165, 1.54) is 25.3 Å². The maximum Gasteiger partial charge on any atom is 0.253 e. The molecule has 2 amide bonds. The second-order valence-electron chi connectivity index (χ2n) is 5.23. The molecule has 2 N–H and O–H groups in total. The van der Waals surface area contributed by atoms with Crippen LogP contribution in [0.25, 0.3) is 0 Å². The molecule has 2 rings (SSSR count). The summed E-state index contributed by atoms with van der Waals surface area (Å²) in [6, 6.07) is 9.50. The number of sulfonamides is 1. The van der Waals surface area contributed by atoms with Crippen molar-refractivity contribution in [1.82, 2.24) is 9.62 Å². The van der Waals surface area contributed by atoms with Crippen LogP contribution in [0.5, 0.6) is 0 Å². The van der Waals surface area contributed by atoms with E-state index in [1.807, 2.05) is 0 Å². The topological polar surface area (TPSA) is 95.6 Å². The predicted molar refractivity (Wildman–Crippen MR) is 102 cm³/mol. The second kappa shape index (κ2) is 8.75. The van der Waals surface area contributed by atoms with Crippen LogP contribution >= 0.6 is 11.3 Å². The smallest absolute Gasteiger partial charge is 0.253 e. The molecule has 0 fully saturated rings. The van der Waals surface area contributed by atoms with Gasteiger partial charge in [0.25, 0.3) is 15.9 Å². The number of carbonyl (C=O) groups excluding carboxylic acids is 2. The minimum Gasteiger partial charge on any atom is -0.355 e. The molecule has 0 spiro atoms. The van der Waals surface area contributed by atoms with E-state index in [2.05, 4.69) is 17.2 Å². The Morgan fingerprint density at radius 1 is 1.27 bits per heavy atom. The molecule has 0 saturated heterocycles. The Balaban J connectivity index is 2.14. The summed E-state index contributed by atoms with van der Waals surface area (Å²) in [7, 11) is -2.27. The fourth-order valence-corrected chi connectivity index (χ4v) is 4.68. The number of nitrogens with one attached hydrogen (secondary N) is 2. The first-order valence-corrected chi connectivity index (χ1v) is 9.97. The molecule has 26 heavy (non-hydrogen) atoms. The molecule has 138 valence electrons. The number of hydrogen-bond acceptors (Lipinski definition) is 5. The van der Waals surface area contributed by atoms with Gasteiger partial charge in [-0.25, -0.2) is 8.42 Å². The molecule has 0 aliphatic rings. The zero-order chi connectivity index (χ0) is 19.2. The maximum absolute atomic E-state index is 12.6. The lowest BCUT2D eigenvalue weighted by molar-refractivity contribution is -0.116. The molecule has 1 heterocycles. The van der Waals surface area contributed by atoms with Crippen LogP contribution in [0.3, 0.4) is 0 Å². The van der Waals surface area contributed by atoms with Gasteiger partial charge >= 0.3 is 0 Å². The number of amides is 2. The Bertz CT molecular complexity index is 892. The molecule has 0 unspecified atom stereocenters. The van der Waals surface area contributed by atoms with E-state index in [-0.39, 0.29) is 23.2 Å². The average molecular weight is 393 g/mol. The highest BCUT2D eigenvalue weighted by atomic mass is 32.2. The minimum atomic E-state index is -3.78. The van der Waals surface area contributed by atoms with Gasteiger partial charge in [-0.2, -0.15) is 4.31 Å². The van der Waals surface area contributed by atoms with Crippen LogP contribution in [0.2, 0.25) is 0 Å². The van der Waals surface area contributed by atoms with Crippen molar-refractivity contribution >= 4 is 38.9 Å². The monoisotopic (exact) mass is 393 g/mol. The molecule has 0 atom stereocenters. The molecule has 1 aromatic heterocycles. The van der Waals surface area contributed by atoms with Crippen molar-refractivity contribution in [2.24, 2.45) is 0 Å². The zero-order valence-electron chi connectivity index (χ0n) is 14.1. The Kier molecular flexibility index (Phi) is 6.67. The van der Waals surface area contributed by atoms with Crippen molar-refractivity contribution in [3.05, 3.63) is 60.0 Å². The Morgan fingerprint density at radius 2 is 2.04 bits per heavy atom. The quantitative estimate of drug-likeness (QED) is 0.670. The summed E-state index contributed by atoms with van der Waals surface area (Å²) in [4.78, 5) is 24.0. The van der Waals surface area contributed by atoms with Gasteiger partial charge in [-0.3, -0.25) is 9.59 Å². The van der Waals surface area contributed by atoms with E-state index >= 15 is 0 Å². The zero-order valence-corrected chi connectivity index (χ0v) is 15.8. The lowest BCUT2D eigenvalue weighted by atomic mass is 10.2. The SMILES string of the molecule is C=CCN(CC(=O)Nc1cccc(C(=O)NC)c1)S(=O)(=O)c1cccs1. The molecule has 0 bridgehead atoms. The lowest BCUT2D eigenvalue weighted by Gasteiger charge is -2.19. The van der Waals surface area contributed by atoms with Gasteiger partial charge in [-0.15, -0.1) is 17.9 Å². The maximum atomic E-state index is 12.6. The summed E-state index contributed by atoms with van der Waals surface area (Å²) >= 11 is 1.08. The van der Waals surface area contributed by atoms with Gasteiger partial charge in [0.05, 0.1) is 6.54 Å². The molecule has 0 aliphatic heterocycles. The molecule has 0 radical (unpaired) electrons. The minimum absolute atomic E-state index is 0.00589. The number of anilines is 1. The number of nitrogens with zero attached hydrogens (tertiary/aromatic N) is 1. The van der Waals surface area contributed by atoms with Gasteiger partial charge in [0.1, 0.15) is 4.21 Å². The summed E-state index contributed by atoms with van der Waals surface area (Å²) in [6.45, 7) is 3.19. The number of rotatable bonds is 8. The van der Waals surface area contributed by atoms with Gasteiger partial charge in [-0.1, -0.05) is 18.2 Å². The summed E-state index contributed by atoms with van der Waals surface area (Å²) < 4.78 is 26.4. The van der Waals surface area contributed by atoms with Crippen LogP contribution in [0, 0.1) is 0 Å². The Hall–Kier alpha value is -2.49. The molecule has 1 aromatic carbocycles. The normalized spacial score (nSPS) is 11.2. The van der Waals surface area contributed by atoms with Gasteiger partial charge in [-0.05, 0) is 29.6 Å². The molecular weight excluding hydrogens is 374 g/mol. The lowest BCUT2D eigenvalue weighted by Crippen LogP contribution is -2.37. The van der Waals surface area contributed by atoms with E-state index in [9.17, 15) is 18.0 Å². The van der Waals surface area contributed by atoms with Gasteiger partial charge < -0.3 is 10.6 Å². The fraction of sp³-hybridized carbons (Fsp3) is 0.176. The van der Waals surface area contributed by atoms with Gasteiger partial charge in [0, 0.05) is 24.8 Å². The number of benzene rings is 1. The van der Waals surface area contributed by atoms with E-state index in [0.717, 1.165) is 15.6 Å². The van der Waals surface area contributed by atoms with Crippen molar-refractivity contribution in [3.8, 4) is 0 Å². The van der Waals surface area contributed by atoms with Crippen molar-refractivity contribution in [2.45, 2.75) is 4.21 Å². The molecule has 9 heteroatoms. The Morgan fingerprint density at radius 3 is 2.65 bits per heavy atom. The van der Waals surface area contributed by atoms with Crippen molar-refractivity contribution in [3.63, 3.8) is 0 Å². The molecular formula is C17H19N3O4S2. The van der Waals surface area contributed by atoms with E-state index in [4.69, 9.17) is 0 Å². The fourth-order valence-electron chi connectivity index (χ4n) is 2.17. The average Bonchev–Trinajstić information content (AvgIpc) is 3.16. The third kappa shape index (κ3) is 4.78. The highest BCUT2D eigenvalue weighted by molar-refractivity contribution is 7.91. The summed E-state index contributed by atoms with van der Waals surface area (Å²) in [5.74, 6) is -0.796. The molecule has 2 aromatic rings. The number of carbonyl (C=O) groups is 2. The van der Waals surface area contributed by atoms with E-state index in [0.29, 0.717) is 11.3 Å². The summed E-state index contributed by atoms with van der Waals surface area (Å²) in [5.41, 5.74) is 0.794. The van der Waals surface area contributed by atoms with Crippen LogP contribution in [0.1, 0.15) is 10.4 Å². The largest absolute Gasteiger partial charge is 0.355 e. The highest BCUT2D eigenvalue weighted by Gasteiger charge is 2.26. The van der Waals surface area contributed by atoms with Gasteiger partial charge in [0.2, 0.25) is 5.91 Å². The number of hydrogen-bond donors (Lipinski definition) is 2. The molecule has 0 saturated carbocycles.